The number of nitrogens with zero attached hydrogens (tertiary/aromatic N) is 1. The van der Waals surface area contributed by atoms with Crippen LogP contribution in [0, 0.1) is 0 Å². The first-order valence-electron chi connectivity index (χ1n) is 6.85. The molecule has 0 spiro atoms. The van der Waals surface area contributed by atoms with Crippen molar-refractivity contribution in [2.75, 3.05) is 18.6 Å². The van der Waals surface area contributed by atoms with Crippen LogP contribution < -0.4 is 0 Å². The monoisotopic (exact) mass is 297 g/mol. The van der Waals surface area contributed by atoms with Crippen molar-refractivity contribution in [3.63, 3.8) is 0 Å². The van der Waals surface area contributed by atoms with E-state index in [2.05, 4.69) is 0 Å². The first-order valence-corrected chi connectivity index (χ1v) is 8.68. The second-order valence-corrected chi connectivity index (χ2v) is 7.44. The van der Waals surface area contributed by atoms with Gasteiger partial charge in [0.2, 0.25) is 5.91 Å². The van der Waals surface area contributed by atoms with Crippen molar-refractivity contribution in [1.29, 1.82) is 0 Å². The zero-order valence-electron chi connectivity index (χ0n) is 12.4. The van der Waals surface area contributed by atoms with Crippen LogP contribution in [0.2, 0.25) is 0 Å². The Kier molecular flexibility index (Phi) is 6.20. The maximum Gasteiger partial charge on any atom is 0.222 e. The van der Waals surface area contributed by atoms with E-state index in [1.54, 1.807) is 20.9 Å². The number of carbonyl (C=O) groups excluding carboxylic acids is 1. The summed E-state index contributed by atoms with van der Waals surface area (Å²) in [5.41, 5.74) is 1.11. The molecule has 0 aliphatic carbocycles. The van der Waals surface area contributed by atoms with Crippen LogP contribution >= 0.6 is 0 Å². The van der Waals surface area contributed by atoms with E-state index in [0.29, 0.717) is 12.8 Å². The Morgan fingerprint density at radius 1 is 1.25 bits per heavy atom. The number of benzene rings is 1. The minimum atomic E-state index is -3.06. The lowest BCUT2D eigenvalue weighted by Crippen LogP contribution is -2.39. The molecule has 112 valence electrons. The van der Waals surface area contributed by atoms with Crippen LogP contribution in [0.5, 0.6) is 0 Å². The highest BCUT2D eigenvalue weighted by molar-refractivity contribution is 7.91. The van der Waals surface area contributed by atoms with E-state index in [9.17, 15) is 13.2 Å². The summed E-state index contributed by atoms with van der Waals surface area (Å²) >= 11 is 0. The summed E-state index contributed by atoms with van der Waals surface area (Å²) in [6, 6.07) is 9.51. The number of hydrogen-bond donors (Lipinski definition) is 0. The molecule has 0 saturated carbocycles. The molecule has 1 aromatic carbocycles. The predicted molar refractivity (Wildman–Crippen MR) is 81.3 cm³/mol. The van der Waals surface area contributed by atoms with Gasteiger partial charge in [-0.25, -0.2) is 8.42 Å². The molecule has 20 heavy (non-hydrogen) atoms. The first-order chi connectivity index (χ1) is 9.35. The average molecular weight is 297 g/mol. The van der Waals surface area contributed by atoms with Crippen LogP contribution in [-0.4, -0.2) is 43.8 Å². The molecule has 0 saturated heterocycles. The van der Waals surface area contributed by atoms with Crippen LogP contribution in [0.1, 0.15) is 25.8 Å². The van der Waals surface area contributed by atoms with Crippen molar-refractivity contribution < 1.29 is 13.2 Å². The van der Waals surface area contributed by atoms with E-state index in [1.807, 2.05) is 30.3 Å². The summed E-state index contributed by atoms with van der Waals surface area (Å²) in [6.07, 6.45) is 1.08. The van der Waals surface area contributed by atoms with Gasteiger partial charge in [0.1, 0.15) is 0 Å². The van der Waals surface area contributed by atoms with Crippen molar-refractivity contribution in [2.24, 2.45) is 0 Å². The summed E-state index contributed by atoms with van der Waals surface area (Å²) in [5, 5.41) is 0. The Hall–Kier alpha value is -1.36. The third kappa shape index (κ3) is 5.33. The Balaban J connectivity index is 2.50. The molecular formula is C15H23NO3S. The lowest BCUT2D eigenvalue weighted by Gasteiger charge is -2.24. The smallest absolute Gasteiger partial charge is 0.222 e. The molecule has 1 unspecified atom stereocenters. The van der Waals surface area contributed by atoms with Gasteiger partial charge in [0.25, 0.3) is 0 Å². The highest BCUT2D eigenvalue weighted by Crippen LogP contribution is 2.07. The summed E-state index contributed by atoms with van der Waals surface area (Å²) in [5.74, 6) is 0.119. The van der Waals surface area contributed by atoms with Crippen LogP contribution in [0.4, 0.5) is 0 Å². The Morgan fingerprint density at radius 3 is 2.40 bits per heavy atom. The largest absolute Gasteiger partial charge is 0.342 e. The van der Waals surface area contributed by atoms with Crippen LogP contribution in [0.3, 0.4) is 0 Å². The van der Waals surface area contributed by atoms with Gasteiger partial charge < -0.3 is 4.90 Å². The normalized spacial score (nSPS) is 12.9. The third-order valence-corrected chi connectivity index (χ3v) is 5.33. The third-order valence-electron chi connectivity index (χ3n) is 3.46. The maximum absolute atomic E-state index is 12.1. The van der Waals surface area contributed by atoms with Gasteiger partial charge in [-0.15, -0.1) is 0 Å². The second kappa shape index (κ2) is 7.43. The van der Waals surface area contributed by atoms with Gasteiger partial charge in [0, 0.05) is 25.3 Å². The van der Waals surface area contributed by atoms with Gasteiger partial charge in [-0.3, -0.25) is 4.79 Å². The summed E-state index contributed by atoms with van der Waals surface area (Å²) in [4.78, 5) is 13.6. The summed E-state index contributed by atoms with van der Waals surface area (Å²) in [6.45, 7) is 3.40. The van der Waals surface area contributed by atoms with Crippen LogP contribution in [0.15, 0.2) is 30.3 Å². The molecule has 4 nitrogen and oxygen atoms in total. The van der Waals surface area contributed by atoms with Crippen molar-refractivity contribution in [3.05, 3.63) is 35.9 Å². The van der Waals surface area contributed by atoms with E-state index in [0.717, 1.165) is 5.56 Å². The fourth-order valence-corrected chi connectivity index (χ4v) is 3.11. The number of aryl methyl sites for hydroxylation is 1. The average Bonchev–Trinajstić information content (AvgIpc) is 2.44. The quantitative estimate of drug-likeness (QED) is 0.772. The molecule has 0 bridgehead atoms. The molecule has 0 aliphatic heterocycles. The van der Waals surface area contributed by atoms with Crippen LogP contribution in [0.25, 0.3) is 0 Å². The molecule has 1 aromatic rings. The van der Waals surface area contributed by atoms with E-state index < -0.39 is 9.84 Å². The number of hydrogen-bond acceptors (Lipinski definition) is 3. The first kappa shape index (κ1) is 16.7. The Morgan fingerprint density at radius 2 is 1.85 bits per heavy atom. The van der Waals surface area contributed by atoms with Gasteiger partial charge >= 0.3 is 0 Å². The zero-order chi connectivity index (χ0) is 15.2. The maximum atomic E-state index is 12.1. The Bertz CT molecular complexity index is 525. The van der Waals surface area contributed by atoms with Crippen molar-refractivity contribution >= 4 is 15.7 Å². The van der Waals surface area contributed by atoms with Gasteiger partial charge in [-0.05, 0) is 18.9 Å². The molecule has 0 radical (unpaired) electrons. The molecule has 5 heteroatoms. The van der Waals surface area contributed by atoms with E-state index in [-0.39, 0.29) is 23.5 Å². The van der Waals surface area contributed by atoms with Gasteiger partial charge in [-0.2, -0.15) is 0 Å². The fraction of sp³-hybridized carbons (Fsp3) is 0.533. The number of amides is 1. The standard InChI is InChI=1S/C15H23NO3S/c1-4-20(18,19)12-13(2)16(3)15(17)11-10-14-8-6-5-7-9-14/h5-9,13H,4,10-12H2,1-3H3. The van der Waals surface area contributed by atoms with Crippen LogP contribution in [-0.2, 0) is 21.1 Å². The number of carbonyl (C=O) groups is 1. The highest BCUT2D eigenvalue weighted by Gasteiger charge is 2.20. The molecule has 0 fully saturated rings. The predicted octanol–water partition coefficient (Wildman–Crippen LogP) is 1.90. The molecular weight excluding hydrogens is 274 g/mol. The fourth-order valence-electron chi connectivity index (χ4n) is 1.92. The topological polar surface area (TPSA) is 54.5 Å². The number of rotatable bonds is 7. The molecule has 0 aliphatic rings. The SMILES string of the molecule is CCS(=O)(=O)CC(C)N(C)C(=O)CCc1ccccc1. The lowest BCUT2D eigenvalue weighted by atomic mass is 10.1. The van der Waals surface area contributed by atoms with Crippen molar-refractivity contribution in [3.8, 4) is 0 Å². The molecule has 0 heterocycles. The molecule has 1 rings (SSSR count). The van der Waals surface area contributed by atoms with E-state index in [1.165, 1.54) is 4.90 Å². The Labute approximate surface area is 121 Å². The van der Waals surface area contributed by atoms with E-state index in [4.69, 9.17) is 0 Å². The van der Waals surface area contributed by atoms with Crippen molar-refractivity contribution in [2.45, 2.75) is 32.7 Å². The highest BCUT2D eigenvalue weighted by atomic mass is 32.2. The lowest BCUT2D eigenvalue weighted by molar-refractivity contribution is -0.131. The molecule has 0 N–H and O–H groups in total. The number of sulfone groups is 1. The van der Waals surface area contributed by atoms with E-state index >= 15 is 0 Å². The zero-order valence-corrected chi connectivity index (χ0v) is 13.2. The molecule has 1 atom stereocenters. The van der Waals surface area contributed by atoms with Crippen molar-refractivity contribution in [1.82, 2.24) is 4.90 Å². The van der Waals surface area contributed by atoms with Gasteiger partial charge in [0.05, 0.1) is 5.75 Å². The van der Waals surface area contributed by atoms with Gasteiger partial charge in [0.15, 0.2) is 9.84 Å². The summed E-state index contributed by atoms with van der Waals surface area (Å²) in [7, 11) is -1.39. The molecule has 0 aromatic heterocycles. The van der Waals surface area contributed by atoms with Gasteiger partial charge in [-0.1, -0.05) is 37.3 Å². The summed E-state index contributed by atoms with van der Waals surface area (Å²) < 4.78 is 23.2. The second-order valence-electron chi connectivity index (χ2n) is 5.04. The molecule has 1 amide bonds. The minimum absolute atomic E-state index is 0.0207. The minimum Gasteiger partial charge on any atom is -0.342 e.